The van der Waals surface area contributed by atoms with Crippen molar-refractivity contribution in [1.82, 2.24) is 4.98 Å². The maximum atomic E-state index is 12.7. The van der Waals surface area contributed by atoms with E-state index in [0.29, 0.717) is 10.9 Å². The van der Waals surface area contributed by atoms with Crippen LogP contribution in [-0.2, 0) is 6.18 Å². The number of halogens is 3. The van der Waals surface area contributed by atoms with Crippen molar-refractivity contribution in [2.45, 2.75) is 20.0 Å². The number of benzene rings is 1. The quantitative estimate of drug-likeness (QED) is 0.899. The van der Waals surface area contributed by atoms with Gasteiger partial charge in [0.25, 0.3) is 0 Å². The van der Waals surface area contributed by atoms with Gasteiger partial charge in [0.15, 0.2) is 0 Å². The molecule has 1 N–H and O–H groups in total. The van der Waals surface area contributed by atoms with E-state index in [1.54, 1.807) is 19.9 Å². The monoisotopic (exact) mass is 295 g/mol. The lowest BCUT2D eigenvalue weighted by Crippen LogP contribution is -2.08. The number of nitrogens with zero attached hydrogens (tertiary/aromatic N) is 1. The smallest absolute Gasteiger partial charge is 0.416 e. The number of aryl methyl sites for hydroxylation is 1. The topological polar surface area (TPSA) is 50.2 Å². The lowest BCUT2D eigenvalue weighted by molar-refractivity contribution is -0.137. The maximum absolute atomic E-state index is 12.7. The number of pyridine rings is 1. The number of carboxylic acids is 1. The van der Waals surface area contributed by atoms with E-state index in [9.17, 15) is 23.1 Å². The second-order valence-electron chi connectivity index (χ2n) is 4.53. The summed E-state index contributed by atoms with van der Waals surface area (Å²) in [4.78, 5) is 15.4. The Morgan fingerprint density at radius 1 is 1.33 bits per heavy atom. The van der Waals surface area contributed by atoms with Gasteiger partial charge in [-0.05, 0) is 37.6 Å². The van der Waals surface area contributed by atoms with Gasteiger partial charge in [0, 0.05) is 5.39 Å². The summed E-state index contributed by atoms with van der Waals surface area (Å²) < 4.78 is 38.2. The summed E-state index contributed by atoms with van der Waals surface area (Å²) in [6.07, 6.45) is -1.40. The first-order chi connectivity index (χ1) is 9.75. The maximum Gasteiger partial charge on any atom is 0.416 e. The number of alkyl halides is 3. The number of fused-ring (bicyclic) bond motifs is 1. The van der Waals surface area contributed by atoms with Crippen LogP contribution in [0.1, 0.15) is 34.1 Å². The van der Waals surface area contributed by atoms with Crippen molar-refractivity contribution >= 4 is 22.9 Å². The first kappa shape index (κ1) is 15.0. The molecule has 0 atom stereocenters. The number of carbonyl (C=O) groups is 1. The van der Waals surface area contributed by atoms with Gasteiger partial charge in [0.1, 0.15) is 0 Å². The van der Waals surface area contributed by atoms with Crippen LogP contribution in [0.5, 0.6) is 0 Å². The molecule has 1 aromatic heterocycles. The molecule has 2 rings (SSSR count). The largest absolute Gasteiger partial charge is 0.478 e. The predicted molar refractivity (Wildman–Crippen MR) is 73.1 cm³/mol. The molecule has 0 unspecified atom stereocenters. The molecule has 0 aliphatic heterocycles. The van der Waals surface area contributed by atoms with Crippen LogP contribution in [0.2, 0.25) is 0 Å². The van der Waals surface area contributed by atoms with E-state index in [1.807, 2.05) is 0 Å². The van der Waals surface area contributed by atoms with Gasteiger partial charge in [-0.25, -0.2) is 9.78 Å². The second kappa shape index (κ2) is 5.20. The summed E-state index contributed by atoms with van der Waals surface area (Å²) in [5.74, 6) is -1.16. The summed E-state index contributed by atoms with van der Waals surface area (Å²) in [6.45, 7) is 3.24. The average molecular weight is 295 g/mol. The van der Waals surface area contributed by atoms with Gasteiger partial charge in [-0.2, -0.15) is 13.2 Å². The highest BCUT2D eigenvalue weighted by Crippen LogP contribution is 2.32. The Morgan fingerprint density at radius 2 is 2.00 bits per heavy atom. The SMILES string of the molecule is C/C=C/c1nc2cc(C(F)(F)F)ccc2c(C)c1C(=O)O. The van der Waals surface area contributed by atoms with Gasteiger partial charge >= 0.3 is 12.1 Å². The number of aromatic carboxylic acids is 1. The van der Waals surface area contributed by atoms with Crippen molar-refractivity contribution in [3.8, 4) is 0 Å². The van der Waals surface area contributed by atoms with Crippen molar-refractivity contribution in [2.75, 3.05) is 0 Å². The Bertz CT molecular complexity index is 749. The normalized spacial score (nSPS) is 12.2. The van der Waals surface area contributed by atoms with Crippen LogP contribution in [0, 0.1) is 6.92 Å². The zero-order valence-electron chi connectivity index (χ0n) is 11.3. The Kier molecular flexibility index (Phi) is 3.72. The van der Waals surface area contributed by atoms with Gasteiger partial charge < -0.3 is 5.11 Å². The van der Waals surface area contributed by atoms with Gasteiger partial charge in [-0.1, -0.05) is 12.1 Å². The first-order valence-electron chi connectivity index (χ1n) is 6.13. The summed E-state index contributed by atoms with van der Waals surface area (Å²) in [5.41, 5.74) is -0.138. The van der Waals surface area contributed by atoms with Crippen molar-refractivity contribution in [2.24, 2.45) is 0 Å². The standard InChI is InChI=1S/C15H12F3NO2/c1-3-4-11-13(14(20)21)8(2)10-6-5-9(15(16,17)18)7-12(10)19-11/h3-7H,1-2H3,(H,20,21)/b4-3+. The number of hydrogen-bond donors (Lipinski definition) is 1. The second-order valence-corrected chi connectivity index (χ2v) is 4.53. The number of allylic oxidation sites excluding steroid dienone is 1. The molecule has 1 aromatic carbocycles. The molecule has 6 heteroatoms. The molecule has 0 bridgehead atoms. The van der Waals surface area contributed by atoms with Crippen LogP contribution in [0.15, 0.2) is 24.3 Å². The Balaban J connectivity index is 2.83. The molecule has 0 saturated carbocycles. The Morgan fingerprint density at radius 3 is 2.52 bits per heavy atom. The minimum absolute atomic E-state index is 0.000332. The fourth-order valence-corrected chi connectivity index (χ4v) is 2.18. The molecule has 0 aliphatic rings. The van der Waals surface area contributed by atoms with E-state index in [4.69, 9.17) is 0 Å². The molecule has 110 valence electrons. The third-order valence-corrected chi connectivity index (χ3v) is 3.14. The highest BCUT2D eigenvalue weighted by molar-refractivity contribution is 5.99. The molecule has 3 nitrogen and oxygen atoms in total. The van der Waals surface area contributed by atoms with Crippen LogP contribution in [-0.4, -0.2) is 16.1 Å². The molecular weight excluding hydrogens is 283 g/mol. The van der Waals surface area contributed by atoms with Crippen LogP contribution in [0.4, 0.5) is 13.2 Å². The van der Waals surface area contributed by atoms with Crippen LogP contribution in [0.25, 0.3) is 17.0 Å². The van der Waals surface area contributed by atoms with Gasteiger partial charge in [0.2, 0.25) is 0 Å². The Hall–Kier alpha value is -2.37. The number of carboxylic acid groups (broad SMARTS) is 1. The molecule has 0 spiro atoms. The Labute approximate surface area is 118 Å². The number of rotatable bonds is 2. The highest BCUT2D eigenvalue weighted by atomic mass is 19.4. The van der Waals surface area contributed by atoms with E-state index >= 15 is 0 Å². The van der Waals surface area contributed by atoms with Crippen molar-refractivity contribution in [3.63, 3.8) is 0 Å². The number of aromatic nitrogens is 1. The van der Waals surface area contributed by atoms with E-state index in [-0.39, 0.29) is 16.8 Å². The van der Waals surface area contributed by atoms with Crippen molar-refractivity contribution in [1.29, 1.82) is 0 Å². The van der Waals surface area contributed by atoms with E-state index in [0.717, 1.165) is 12.1 Å². The van der Waals surface area contributed by atoms with Gasteiger partial charge in [0.05, 0.1) is 22.3 Å². The summed E-state index contributed by atoms with van der Waals surface area (Å²) >= 11 is 0. The molecule has 0 fully saturated rings. The van der Waals surface area contributed by atoms with Gasteiger partial charge in [-0.3, -0.25) is 0 Å². The summed E-state index contributed by atoms with van der Waals surface area (Å²) in [6, 6.07) is 3.12. The van der Waals surface area contributed by atoms with Crippen LogP contribution < -0.4 is 0 Å². The van der Waals surface area contributed by atoms with Crippen molar-refractivity contribution in [3.05, 3.63) is 46.7 Å². The molecule has 2 aromatic rings. The number of hydrogen-bond acceptors (Lipinski definition) is 2. The molecule has 0 aliphatic carbocycles. The summed E-state index contributed by atoms with van der Waals surface area (Å²) in [5, 5.41) is 9.66. The molecule has 21 heavy (non-hydrogen) atoms. The van der Waals surface area contributed by atoms with Gasteiger partial charge in [-0.15, -0.1) is 0 Å². The van der Waals surface area contributed by atoms with Crippen LogP contribution >= 0.6 is 0 Å². The molecule has 0 radical (unpaired) electrons. The minimum atomic E-state index is -4.46. The summed E-state index contributed by atoms with van der Waals surface area (Å²) in [7, 11) is 0. The average Bonchev–Trinajstić information content (AvgIpc) is 2.37. The third kappa shape index (κ3) is 2.74. The zero-order chi connectivity index (χ0) is 15.8. The molecule has 0 saturated heterocycles. The van der Waals surface area contributed by atoms with Crippen LogP contribution in [0.3, 0.4) is 0 Å². The fourth-order valence-electron chi connectivity index (χ4n) is 2.18. The van der Waals surface area contributed by atoms with E-state index in [1.165, 1.54) is 12.1 Å². The predicted octanol–water partition coefficient (Wildman–Crippen LogP) is 4.29. The fraction of sp³-hybridized carbons (Fsp3) is 0.200. The third-order valence-electron chi connectivity index (χ3n) is 3.14. The first-order valence-corrected chi connectivity index (χ1v) is 6.13. The molecular formula is C15H12F3NO2. The highest BCUT2D eigenvalue weighted by Gasteiger charge is 2.31. The minimum Gasteiger partial charge on any atom is -0.478 e. The molecule has 1 heterocycles. The van der Waals surface area contributed by atoms with E-state index in [2.05, 4.69) is 4.98 Å². The molecule has 0 amide bonds. The zero-order valence-corrected chi connectivity index (χ0v) is 11.3. The lowest BCUT2D eigenvalue weighted by Gasteiger charge is -2.12. The van der Waals surface area contributed by atoms with E-state index < -0.39 is 17.7 Å². The lowest BCUT2D eigenvalue weighted by atomic mass is 10.00. The van der Waals surface area contributed by atoms with Crippen molar-refractivity contribution < 1.29 is 23.1 Å².